The van der Waals surface area contributed by atoms with Crippen molar-refractivity contribution in [3.63, 3.8) is 0 Å². The van der Waals surface area contributed by atoms with E-state index in [9.17, 15) is 4.79 Å². The van der Waals surface area contributed by atoms with Crippen LogP contribution in [0, 0.1) is 0 Å². The molecule has 5 aromatic rings. The highest BCUT2D eigenvalue weighted by Gasteiger charge is 2.13. The van der Waals surface area contributed by atoms with Crippen molar-refractivity contribution in [1.82, 2.24) is 19.9 Å². The fourth-order valence-electron chi connectivity index (χ4n) is 3.78. The smallest absolute Gasteiger partial charge is 0.337 e. The molecule has 0 unspecified atom stereocenters. The molecule has 164 valence electrons. The fraction of sp³-hybridized carbons (Fsp3) is 0.0357. The van der Waals surface area contributed by atoms with E-state index >= 15 is 0 Å². The molecule has 0 atom stereocenters. The molecule has 1 aromatic carbocycles. The summed E-state index contributed by atoms with van der Waals surface area (Å²) in [5, 5.41) is 0. The third kappa shape index (κ3) is 4.42. The van der Waals surface area contributed by atoms with Crippen molar-refractivity contribution in [2.45, 2.75) is 0 Å². The summed E-state index contributed by atoms with van der Waals surface area (Å²) in [5.41, 5.74) is 7.73. The second kappa shape index (κ2) is 9.42. The first-order chi connectivity index (χ1) is 16.7. The van der Waals surface area contributed by atoms with Gasteiger partial charge >= 0.3 is 5.97 Å². The maximum atomic E-state index is 12.5. The van der Waals surface area contributed by atoms with Crippen LogP contribution >= 0.6 is 0 Å². The van der Waals surface area contributed by atoms with Crippen LogP contribution in [0.15, 0.2) is 104 Å². The van der Waals surface area contributed by atoms with Gasteiger partial charge in [-0.1, -0.05) is 12.1 Å². The summed E-state index contributed by atoms with van der Waals surface area (Å²) >= 11 is 0. The zero-order chi connectivity index (χ0) is 23.3. The Balaban J connectivity index is 1.62. The van der Waals surface area contributed by atoms with Gasteiger partial charge in [-0.15, -0.1) is 0 Å². The second-order valence-electron chi connectivity index (χ2n) is 7.70. The zero-order valence-corrected chi connectivity index (χ0v) is 18.4. The molecule has 0 saturated heterocycles. The molecule has 5 rings (SSSR count). The minimum absolute atomic E-state index is 0.407. The van der Waals surface area contributed by atoms with Gasteiger partial charge < -0.3 is 4.74 Å². The zero-order valence-electron chi connectivity index (χ0n) is 18.4. The van der Waals surface area contributed by atoms with E-state index in [1.165, 1.54) is 7.11 Å². The van der Waals surface area contributed by atoms with E-state index in [2.05, 4.69) is 19.9 Å². The minimum atomic E-state index is -0.407. The monoisotopic (exact) mass is 444 g/mol. The van der Waals surface area contributed by atoms with E-state index in [1.54, 1.807) is 49.6 Å². The maximum Gasteiger partial charge on any atom is 0.337 e. The van der Waals surface area contributed by atoms with Crippen molar-refractivity contribution < 1.29 is 9.53 Å². The molecule has 6 heteroatoms. The molecule has 0 spiro atoms. The Morgan fingerprint density at radius 2 is 0.971 bits per heavy atom. The summed E-state index contributed by atoms with van der Waals surface area (Å²) in [4.78, 5) is 29.7. The van der Waals surface area contributed by atoms with Crippen LogP contribution in [0.3, 0.4) is 0 Å². The molecule has 0 aliphatic rings. The molecule has 0 saturated carbocycles. The van der Waals surface area contributed by atoms with Crippen molar-refractivity contribution in [3.8, 4) is 44.5 Å². The normalized spacial score (nSPS) is 10.6. The highest BCUT2D eigenvalue weighted by molar-refractivity contribution is 5.93. The molecule has 0 fully saturated rings. The lowest BCUT2D eigenvalue weighted by Crippen LogP contribution is -2.02. The van der Waals surface area contributed by atoms with Gasteiger partial charge in [0.2, 0.25) is 0 Å². The predicted molar refractivity (Wildman–Crippen MR) is 131 cm³/mol. The van der Waals surface area contributed by atoms with Gasteiger partial charge in [0.05, 0.1) is 12.7 Å². The van der Waals surface area contributed by atoms with Crippen molar-refractivity contribution in [3.05, 3.63) is 110 Å². The van der Waals surface area contributed by atoms with E-state index in [0.717, 1.165) is 44.5 Å². The first kappa shape index (κ1) is 21.2. The Hall–Kier alpha value is -4.71. The first-order valence-electron chi connectivity index (χ1n) is 10.7. The molecule has 0 N–H and O–H groups in total. The number of esters is 1. The number of hydrogen-bond acceptors (Lipinski definition) is 6. The van der Waals surface area contributed by atoms with Gasteiger partial charge in [0.15, 0.2) is 0 Å². The van der Waals surface area contributed by atoms with Gasteiger partial charge in [-0.25, -0.2) is 4.79 Å². The van der Waals surface area contributed by atoms with Gasteiger partial charge in [0, 0.05) is 83.0 Å². The fourth-order valence-corrected chi connectivity index (χ4v) is 3.78. The lowest BCUT2D eigenvalue weighted by Gasteiger charge is -2.11. The number of carbonyl (C=O) groups is 1. The molecule has 0 aliphatic heterocycles. The number of methoxy groups -OCH3 is 1. The van der Waals surface area contributed by atoms with Crippen LogP contribution in [0.25, 0.3) is 44.5 Å². The average molecular weight is 444 g/mol. The van der Waals surface area contributed by atoms with Crippen molar-refractivity contribution in [2.75, 3.05) is 7.11 Å². The van der Waals surface area contributed by atoms with Crippen molar-refractivity contribution in [1.29, 1.82) is 0 Å². The van der Waals surface area contributed by atoms with Gasteiger partial charge in [0.25, 0.3) is 0 Å². The van der Waals surface area contributed by atoms with Gasteiger partial charge in [-0.3, -0.25) is 19.9 Å². The molecule has 4 heterocycles. The topological polar surface area (TPSA) is 77.9 Å². The number of nitrogens with zero attached hydrogens (tertiary/aromatic N) is 4. The lowest BCUT2D eigenvalue weighted by molar-refractivity contribution is 0.0601. The van der Waals surface area contributed by atoms with E-state index in [-0.39, 0.29) is 0 Å². The molecule has 6 nitrogen and oxygen atoms in total. The van der Waals surface area contributed by atoms with Crippen LogP contribution in [0.5, 0.6) is 0 Å². The molecule has 0 radical (unpaired) electrons. The molecule has 0 amide bonds. The number of benzene rings is 1. The predicted octanol–water partition coefficient (Wildman–Crippen LogP) is 5.72. The SMILES string of the molecule is COC(=O)c1cc(-c2cncc(-c3cccnc3)c2)cc(-c2cncc(-c3cccnc3)c2)c1. The van der Waals surface area contributed by atoms with Crippen LogP contribution in [-0.2, 0) is 4.74 Å². The van der Waals surface area contributed by atoms with E-state index < -0.39 is 5.97 Å². The first-order valence-corrected chi connectivity index (χ1v) is 10.7. The number of rotatable bonds is 5. The van der Waals surface area contributed by atoms with E-state index in [0.29, 0.717) is 5.56 Å². The Morgan fingerprint density at radius 1 is 0.559 bits per heavy atom. The summed E-state index contributed by atoms with van der Waals surface area (Å²) in [6.45, 7) is 0. The number of aromatic nitrogens is 4. The second-order valence-corrected chi connectivity index (χ2v) is 7.70. The van der Waals surface area contributed by atoms with Crippen LogP contribution in [0.2, 0.25) is 0 Å². The standard InChI is InChI=1S/C28H20N4O2/c1-34-28(33)23-9-21(26-11-24(15-31-17-26)19-4-2-6-29-13-19)8-22(10-23)27-12-25(16-32-18-27)20-5-3-7-30-14-20/h2-18H,1H3. The molecule has 4 aromatic heterocycles. The number of carbonyl (C=O) groups excluding carboxylic acids is 1. The quantitative estimate of drug-likeness (QED) is 0.323. The Kier molecular flexibility index (Phi) is 5.86. The maximum absolute atomic E-state index is 12.5. The molecule has 0 aliphatic carbocycles. The largest absolute Gasteiger partial charge is 0.465 e. The molecular weight excluding hydrogens is 424 g/mol. The summed E-state index contributed by atoms with van der Waals surface area (Å²) in [6.07, 6.45) is 14.2. The summed E-state index contributed by atoms with van der Waals surface area (Å²) < 4.78 is 5.02. The van der Waals surface area contributed by atoms with Crippen LogP contribution in [-0.4, -0.2) is 33.0 Å². The Labute approximate surface area is 197 Å². The van der Waals surface area contributed by atoms with Crippen LogP contribution in [0.4, 0.5) is 0 Å². The third-order valence-corrected chi connectivity index (χ3v) is 5.49. The van der Waals surface area contributed by atoms with Crippen molar-refractivity contribution in [2.24, 2.45) is 0 Å². The third-order valence-electron chi connectivity index (χ3n) is 5.49. The van der Waals surface area contributed by atoms with Crippen LogP contribution in [0.1, 0.15) is 10.4 Å². The van der Waals surface area contributed by atoms with Gasteiger partial charge in [-0.05, 0) is 53.6 Å². The lowest BCUT2D eigenvalue weighted by atomic mass is 9.95. The van der Waals surface area contributed by atoms with Crippen LogP contribution < -0.4 is 0 Å². The number of pyridine rings is 4. The molecule has 0 bridgehead atoms. The Morgan fingerprint density at radius 3 is 1.38 bits per heavy atom. The highest BCUT2D eigenvalue weighted by Crippen LogP contribution is 2.32. The number of hydrogen-bond donors (Lipinski definition) is 0. The van der Waals surface area contributed by atoms with Gasteiger partial charge in [0.1, 0.15) is 0 Å². The Bertz CT molecular complexity index is 1350. The molecular formula is C28H20N4O2. The summed E-state index contributed by atoms with van der Waals surface area (Å²) in [6, 6.07) is 17.5. The van der Waals surface area contributed by atoms with Crippen molar-refractivity contribution >= 4 is 5.97 Å². The minimum Gasteiger partial charge on any atom is -0.465 e. The average Bonchev–Trinajstić information content (AvgIpc) is 2.93. The van der Waals surface area contributed by atoms with Gasteiger partial charge in [-0.2, -0.15) is 0 Å². The van der Waals surface area contributed by atoms with E-state index in [4.69, 9.17) is 4.74 Å². The number of ether oxygens (including phenoxy) is 1. The molecule has 34 heavy (non-hydrogen) atoms. The van der Waals surface area contributed by atoms with E-state index in [1.807, 2.05) is 54.6 Å². The summed E-state index contributed by atoms with van der Waals surface area (Å²) in [5.74, 6) is -0.407. The summed E-state index contributed by atoms with van der Waals surface area (Å²) in [7, 11) is 1.38. The highest BCUT2D eigenvalue weighted by atomic mass is 16.5.